The van der Waals surface area contributed by atoms with Crippen molar-refractivity contribution in [1.82, 2.24) is 0 Å². The number of carboxylic acid groups (broad SMARTS) is 1. The number of carbonyl (C=O) groups is 1. The zero-order valence-corrected chi connectivity index (χ0v) is 8.65. The van der Waals surface area contributed by atoms with E-state index in [0.29, 0.717) is 11.4 Å². The third-order valence-electron chi connectivity index (χ3n) is 1.69. The molecule has 0 amide bonds. The van der Waals surface area contributed by atoms with Crippen LogP contribution in [-0.4, -0.2) is 17.1 Å². The molecular weight excluding hydrogens is 210 g/mol. The predicted octanol–water partition coefficient (Wildman–Crippen LogP) is 1.66. The van der Waals surface area contributed by atoms with Crippen LogP contribution in [0.15, 0.2) is 5.38 Å². The van der Waals surface area contributed by atoms with Gasteiger partial charge in [-0.1, -0.05) is 11.6 Å². The summed E-state index contributed by atoms with van der Waals surface area (Å²) in [6.45, 7) is 1.88. The van der Waals surface area contributed by atoms with Crippen molar-refractivity contribution in [1.29, 1.82) is 0 Å². The van der Waals surface area contributed by atoms with Crippen LogP contribution in [0.4, 0.5) is 0 Å². The molecule has 0 radical (unpaired) electrons. The maximum atomic E-state index is 10.5. The van der Waals surface area contributed by atoms with Gasteiger partial charge in [0.05, 0.1) is 5.02 Å². The lowest BCUT2D eigenvalue weighted by Crippen LogP contribution is -2.31. The summed E-state index contributed by atoms with van der Waals surface area (Å²) in [5.41, 5.74) is 6.35. The van der Waals surface area contributed by atoms with Crippen LogP contribution in [0.1, 0.15) is 10.4 Å². The first-order valence-corrected chi connectivity index (χ1v) is 4.99. The van der Waals surface area contributed by atoms with E-state index in [2.05, 4.69) is 0 Å². The molecule has 0 bridgehead atoms. The molecule has 3 N–H and O–H groups in total. The second-order valence-corrected chi connectivity index (χ2v) is 4.15. The average Bonchev–Trinajstić information content (AvgIpc) is 2.36. The number of rotatable bonds is 3. The van der Waals surface area contributed by atoms with Crippen molar-refractivity contribution in [3.05, 3.63) is 20.8 Å². The molecule has 1 aromatic heterocycles. The zero-order chi connectivity index (χ0) is 10.0. The van der Waals surface area contributed by atoms with Gasteiger partial charge in [0.15, 0.2) is 0 Å². The fraction of sp³-hybridized carbons (Fsp3) is 0.375. The first-order valence-electron chi connectivity index (χ1n) is 3.73. The average molecular weight is 220 g/mol. The predicted molar refractivity (Wildman–Crippen MR) is 53.4 cm³/mol. The summed E-state index contributed by atoms with van der Waals surface area (Å²) in [5, 5.41) is 11.1. The van der Waals surface area contributed by atoms with E-state index < -0.39 is 12.0 Å². The van der Waals surface area contributed by atoms with Crippen LogP contribution in [0.5, 0.6) is 0 Å². The van der Waals surface area contributed by atoms with Crippen LogP contribution >= 0.6 is 22.9 Å². The van der Waals surface area contributed by atoms with E-state index in [9.17, 15) is 4.79 Å². The summed E-state index contributed by atoms with van der Waals surface area (Å²) in [7, 11) is 0. The minimum absolute atomic E-state index is 0.298. The monoisotopic (exact) mass is 219 g/mol. The number of aliphatic carboxylic acids is 1. The molecule has 0 aliphatic carbocycles. The molecule has 1 atom stereocenters. The van der Waals surface area contributed by atoms with Crippen LogP contribution in [0.2, 0.25) is 5.02 Å². The Labute approximate surface area is 85.1 Å². The number of hydrogen-bond donors (Lipinski definition) is 2. The van der Waals surface area contributed by atoms with Crippen molar-refractivity contribution in [3.63, 3.8) is 0 Å². The molecule has 0 saturated carbocycles. The molecule has 1 aromatic rings. The molecule has 0 saturated heterocycles. The van der Waals surface area contributed by atoms with E-state index in [1.54, 1.807) is 0 Å². The van der Waals surface area contributed by atoms with E-state index in [1.165, 1.54) is 11.3 Å². The van der Waals surface area contributed by atoms with Gasteiger partial charge in [-0.3, -0.25) is 4.79 Å². The summed E-state index contributed by atoms with van der Waals surface area (Å²) >= 11 is 7.37. The van der Waals surface area contributed by atoms with Gasteiger partial charge in [-0.15, -0.1) is 11.3 Å². The number of halogens is 1. The summed E-state index contributed by atoms with van der Waals surface area (Å²) in [4.78, 5) is 11.3. The standard InChI is InChI=1S/C8H10ClNO2S/c1-4-3-13-6(7(4)9)2-5(10)8(11)12/h3,5H,2,10H2,1H3,(H,11,12)/t5-/m0/s1. The van der Waals surface area contributed by atoms with E-state index in [4.69, 9.17) is 22.4 Å². The molecular formula is C8H10ClNO2S. The van der Waals surface area contributed by atoms with Gasteiger partial charge in [-0.25, -0.2) is 0 Å². The van der Waals surface area contributed by atoms with Crippen LogP contribution in [-0.2, 0) is 11.2 Å². The van der Waals surface area contributed by atoms with Gasteiger partial charge in [0.1, 0.15) is 6.04 Å². The fourth-order valence-corrected chi connectivity index (χ4v) is 2.21. The largest absolute Gasteiger partial charge is 0.480 e. The summed E-state index contributed by atoms with van der Waals surface area (Å²) in [6.07, 6.45) is 0.298. The van der Waals surface area contributed by atoms with Crippen LogP contribution in [0.3, 0.4) is 0 Å². The highest BCUT2D eigenvalue weighted by molar-refractivity contribution is 7.10. The Morgan fingerprint density at radius 1 is 1.85 bits per heavy atom. The highest BCUT2D eigenvalue weighted by Gasteiger charge is 2.15. The SMILES string of the molecule is Cc1csc(C[C@H](N)C(=O)O)c1Cl. The Morgan fingerprint density at radius 3 is 2.85 bits per heavy atom. The first kappa shape index (κ1) is 10.5. The normalized spacial score (nSPS) is 12.8. The topological polar surface area (TPSA) is 63.3 Å². The molecule has 0 spiro atoms. The van der Waals surface area contributed by atoms with Gasteiger partial charge in [-0.05, 0) is 17.9 Å². The molecule has 1 rings (SSSR count). The van der Waals surface area contributed by atoms with Gasteiger partial charge in [0.2, 0.25) is 0 Å². The van der Waals surface area contributed by atoms with E-state index in [1.807, 2.05) is 12.3 Å². The Kier molecular flexibility index (Phi) is 3.30. The lowest BCUT2D eigenvalue weighted by molar-refractivity contribution is -0.138. The van der Waals surface area contributed by atoms with Crippen molar-refractivity contribution in [2.45, 2.75) is 19.4 Å². The lowest BCUT2D eigenvalue weighted by Gasteiger charge is -2.04. The Hall–Kier alpha value is -0.580. The van der Waals surface area contributed by atoms with Crippen molar-refractivity contribution < 1.29 is 9.90 Å². The molecule has 72 valence electrons. The highest BCUT2D eigenvalue weighted by Crippen LogP contribution is 2.27. The quantitative estimate of drug-likeness (QED) is 0.813. The lowest BCUT2D eigenvalue weighted by atomic mass is 10.2. The van der Waals surface area contributed by atoms with Crippen molar-refractivity contribution in [2.75, 3.05) is 0 Å². The van der Waals surface area contributed by atoms with Crippen molar-refractivity contribution in [2.24, 2.45) is 5.73 Å². The maximum Gasteiger partial charge on any atom is 0.320 e. The van der Waals surface area contributed by atoms with Crippen LogP contribution < -0.4 is 5.73 Å². The van der Waals surface area contributed by atoms with Crippen molar-refractivity contribution in [3.8, 4) is 0 Å². The van der Waals surface area contributed by atoms with Gasteiger partial charge < -0.3 is 10.8 Å². The maximum absolute atomic E-state index is 10.5. The smallest absolute Gasteiger partial charge is 0.320 e. The summed E-state index contributed by atoms with van der Waals surface area (Å²) in [5.74, 6) is -0.998. The second-order valence-electron chi connectivity index (χ2n) is 2.80. The van der Waals surface area contributed by atoms with Gasteiger partial charge >= 0.3 is 5.97 Å². The molecule has 1 heterocycles. The zero-order valence-electron chi connectivity index (χ0n) is 7.08. The van der Waals surface area contributed by atoms with E-state index in [0.717, 1.165) is 10.4 Å². The molecule has 3 nitrogen and oxygen atoms in total. The van der Waals surface area contributed by atoms with E-state index >= 15 is 0 Å². The van der Waals surface area contributed by atoms with Gasteiger partial charge in [0, 0.05) is 11.3 Å². The number of thiophene rings is 1. The number of nitrogens with two attached hydrogens (primary N) is 1. The number of hydrogen-bond acceptors (Lipinski definition) is 3. The molecule has 0 aliphatic rings. The molecule has 0 fully saturated rings. The number of aryl methyl sites for hydroxylation is 1. The minimum atomic E-state index is -0.998. The Balaban J connectivity index is 2.74. The second kappa shape index (κ2) is 4.09. The fourth-order valence-electron chi connectivity index (χ4n) is 0.908. The molecule has 13 heavy (non-hydrogen) atoms. The van der Waals surface area contributed by atoms with E-state index in [-0.39, 0.29) is 0 Å². The van der Waals surface area contributed by atoms with Gasteiger partial charge in [0.25, 0.3) is 0 Å². The highest BCUT2D eigenvalue weighted by atomic mass is 35.5. The third-order valence-corrected chi connectivity index (χ3v) is 3.46. The van der Waals surface area contributed by atoms with Crippen molar-refractivity contribution >= 4 is 28.9 Å². The molecule has 0 unspecified atom stereocenters. The summed E-state index contributed by atoms with van der Waals surface area (Å²) in [6, 6.07) is -0.865. The number of carboxylic acids is 1. The van der Waals surface area contributed by atoms with Crippen LogP contribution in [0, 0.1) is 6.92 Å². The van der Waals surface area contributed by atoms with Crippen LogP contribution in [0.25, 0.3) is 0 Å². The Morgan fingerprint density at radius 2 is 2.46 bits per heavy atom. The molecule has 0 aliphatic heterocycles. The first-order chi connectivity index (χ1) is 6.02. The summed E-state index contributed by atoms with van der Waals surface area (Å²) < 4.78 is 0. The Bertz CT molecular complexity index is 324. The molecule has 5 heteroatoms. The van der Waals surface area contributed by atoms with Gasteiger partial charge in [-0.2, -0.15) is 0 Å². The third kappa shape index (κ3) is 2.43. The molecule has 0 aromatic carbocycles. The minimum Gasteiger partial charge on any atom is -0.480 e.